The van der Waals surface area contributed by atoms with Crippen LogP contribution in [-0.2, 0) is 0 Å². The Balaban J connectivity index is 2.04. The molecule has 0 bridgehead atoms. The monoisotopic (exact) mass is 205 g/mol. The van der Waals surface area contributed by atoms with Crippen LogP contribution in [0.2, 0.25) is 0 Å². The topological polar surface area (TPSA) is 64.1 Å². The summed E-state index contributed by atoms with van der Waals surface area (Å²) in [5.41, 5.74) is 13.8. The van der Waals surface area contributed by atoms with Crippen LogP contribution in [0, 0.1) is 0 Å². The standard InChI is InChI=1S/C12H19N3/c13-9-5-1-3-7-11(9)15-12-8-4-2-6-10(12)14/h1,3,5,7,10,12,15H,2,4,6,8,13-14H2/t10-,12-/m1/s1. The third-order valence-corrected chi connectivity index (χ3v) is 3.12. The zero-order valence-electron chi connectivity index (χ0n) is 8.95. The smallest absolute Gasteiger partial charge is 0.0576 e. The minimum atomic E-state index is 0.262. The van der Waals surface area contributed by atoms with Gasteiger partial charge in [-0.3, -0.25) is 0 Å². The lowest BCUT2D eigenvalue weighted by atomic mass is 9.91. The molecule has 1 aromatic rings. The normalized spacial score (nSPS) is 26.2. The van der Waals surface area contributed by atoms with Crippen LogP contribution >= 0.6 is 0 Å². The first-order valence-electron chi connectivity index (χ1n) is 5.64. The summed E-state index contributed by atoms with van der Waals surface area (Å²) in [5.74, 6) is 0. The molecule has 0 amide bonds. The molecule has 0 aromatic heterocycles. The molecule has 5 N–H and O–H groups in total. The minimum absolute atomic E-state index is 0.262. The van der Waals surface area contributed by atoms with Gasteiger partial charge < -0.3 is 16.8 Å². The Kier molecular flexibility index (Phi) is 3.11. The van der Waals surface area contributed by atoms with Crippen molar-refractivity contribution in [2.75, 3.05) is 11.1 Å². The first kappa shape index (κ1) is 10.3. The second kappa shape index (κ2) is 4.53. The summed E-state index contributed by atoms with van der Waals surface area (Å²) in [6.07, 6.45) is 4.78. The Morgan fingerprint density at radius 2 is 1.87 bits per heavy atom. The molecule has 1 saturated carbocycles. The summed E-state index contributed by atoms with van der Waals surface area (Å²) in [5, 5.41) is 3.45. The summed E-state index contributed by atoms with van der Waals surface area (Å²) in [6.45, 7) is 0. The number of nitrogens with two attached hydrogens (primary N) is 2. The third-order valence-electron chi connectivity index (χ3n) is 3.12. The first-order chi connectivity index (χ1) is 7.27. The molecule has 15 heavy (non-hydrogen) atoms. The van der Waals surface area contributed by atoms with Crippen LogP contribution in [-0.4, -0.2) is 12.1 Å². The van der Waals surface area contributed by atoms with Gasteiger partial charge in [-0.25, -0.2) is 0 Å². The van der Waals surface area contributed by atoms with Crippen LogP contribution < -0.4 is 16.8 Å². The SMILES string of the molecule is Nc1ccccc1N[C@@H]1CCCC[C@H]1N. The molecule has 82 valence electrons. The van der Waals surface area contributed by atoms with Crippen molar-refractivity contribution >= 4 is 11.4 Å². The number of para-hydroxylation sites is 2. The van der Waals surface area contributed by atoms with Crippen molar-refractivity contribution in [2.45, 2.75) is 37.8 Å². The van der Waals surface area contributed by atoms with Crippen molar-refractivity contribution < 1.29 is 0 Å². The Hall–Kier alpha value is -1.22. The Bertz CT molecular complexity index is 324. The fourth-order valence-electron chi connectivity index (χ4n) is 2.17. The Labute approximate surface area is 90.8 Å². The van der Waals surface area contributed by atoms with Gasteiger partial charge in [-0.1, -0.05) is 25.0 Å². The highest BCUT2D eigenvalue weighted by molar-refractivity contribution is 5.66. The zero-order valence-corrected chi connectivity index (χ0v) is 8.95. The van der Waals surface area contributed by atoms with E-state index in [0.717, 1.165) is 24.2 Å². The molecule has 3 heteroatoms. The summed E-state index contributed by atoms with van der Waals surface area (Å²) >= 11 is 0. The van der Waals surface area contributed by atoms with E-state index in [2.05, 4.69) is 5.32 Å². The van der Waals surface area contributed by atoms with Crippen LogP contribution in [0.3, 0.4) is 0 Å². The number of nitrogen functional groups attached to an aromatic ring is 1. The summed E-state index contributed by atoms with van der Waals surface area (Å²) in [7, 11) is 0. The molecule has 0 unspecified atom stereocenters. The van der Waals surface area contributed by atoms with E-state index in [0.29, 0.717) is 6.04 Å². The molecule has 0 saturated heterocycles. The fraction of sp³-hybridized carbons (Fsp3) is 0.500. The van der Waals surface area contributed by atoms with E-state index in [1.165, 1.54) is 12.8 Å². The van der Waals surface area contributed by atoms with E-state index >= 15 is 0 Å². The van der Waals surface area contributed by atoms with Crippen LogP contribution in [0.15, 0.2) is 24.3 Å². The van der Waals surface area contributed by atoms with Gasteiger partial charge in [0.2, 0.25) is 0 Å². The van der Waals surface area contributed by atoms with Crippen LogP contribution in [0.1, 0.15) is 25.7 Å². The Morgan fingerprint density at radius 1 is 1.13 bits per heavy atom. The molecule has 1 aliphatic rings. The van der Waals surface area contributed by atoms with Gasteiger partial charge in [-0.05, 0) is 25.0 Å². The number of hydrogen-bond donors (Lipinski definition) is 3. The van der Waals surface area contributed by atoms with E-state index in [1.54, 1.807) is 0 Å². The molecule has 0 aliphatic heterocycles. The van der Waals surface area contributed by atoms with Crippen LogP contribution in [0.4, 0.5) is 11.4 Å². The first-order valence-corrected chi connectivity index (χ1v) is 5.64. The molecule has 0 spiro atoms. The van der Waals surface area contributed by atoms with Crippen molar-refractivity contribution in [1.82, 2.24) is 0 Å². The number of hydrogen-bond acceptors (Lipinski definition) is 3. The van der Waals surface area contributed by atoms with E-state index in [-0.39, 0.29) is 6.04 Å². The molecular formula is C12H19N3. The predicted octanol–water partition coefficient (Wildman–Crippen LogP) is 1.95. The fourth-order valence-corrected chi connectivity index (χ4v) is 2.17. The predicted molar refractivity (Wildman–Crippen MR) is 64.7 cm³/mol. The molecule has 0 radical (unpaired) electrons. The minimum Gasteiger partial charge on any atom is -0.397 e. The van der Waals surface area contributed by atoms with Crippen molar-refractivity contribution in [3.8, 4) is 0 Å². The average molecular weight is 205 g/mol. The second-order valence-electron chi connectivity index (χ2n) is 4.29. The highest BCUT2D eigenvalue weighted by Crippen LogP contribution is 2.24. The van der Waals surface area contributed by atoms with Crippen LogP contribution in [0.25, 0.3) is 0 Å². The van der Waals surface area contributed by atoms with Crippen molar-refractivity contribution in [1.29, 1.82) is 0 Å². The summed E-state index contributed by atoms with van der Waals surface area (Å²) in [6, 6.07) is 8.50. The van der Waals surface area contributed by atoms with Crippen molar-refractivity contribution in [3.05, 3.63) is 24.3 Å². The van der Waals surface area contributed by atoms with Gasteiger partial charge in [0.25, 0.3) is 0 Å². The third kappa shape index (κ3) is 2.42. The van der Waals surface area contributed by atoms with Gasteiger partial charge in [0.15, 0.2) is 0 Å². The maximum atomic E-state index is 6.07. The zero-order chi connectivity index (χ0) is 10.7. The number of rotatable bonds is 2. The van der Waals surface area contributed by atoms with Gasteiger partial charge in [-0.15, -0.1) is 0 Å². The van der Waals surface area contributed by atoms with Crippen molar-refractivity contribution in [2.24, 2.45) is 5.73 Å². The molecule has 1 aliphatic carbocycles. The lowest BCUT2D eigenvalue weighted by Crippen LogP contribution is -2.42. The molecule has 1 fully saturated rings. The molecular weight excluding hydrogens is 186 g/mol. The van der Waals surface area contributed by atoms with Gasteiger partial charge >= 0.3 is 0 Å². The van der Waals surface area contributed by atoms with E-state index in [4.69, 9.17) is 11.5 Å². The molecule has 3 nitrogen and oxygen atoms in total. The maximum Gasteiger partial charge on any atom is 0.0576 e. The molecule has 2 atom stereocenters. The maximum absolute atomic E-state index is 6.07. The van der Waals surface area contributed by atoms with Gasteiger partial charge in [0.1, 0.15) is 0 Å². The largest absolute Gasteiger partial charge is 0.397 e. The molecule has 1 aromatic carbocycles. The van der Waals surface area contributed by atoms with E-state index < -0.39 is 0 Å². The summed E-state index contributed by atoms with van der Waals surface area (Å²) in [4.78, 5) is 0. The Morgan fingerprint density at radius 3 is 2.60 bits per heavy atom. The van der Waals surface area contributed by atoms with Gasteiger partial charge in [-0.2, -0.15) is 0 Å². The molecule has 0 heterocycles. The van der Waals surface area contributed by atoms with Crippen LogP contribution in [0.5, 0.6) is 0 Å². The lowest BCUT2D eigenvalue weighted by Gasteiger charge is -2.30. The highest BCUT2D eigenvalue weighted by Gasteiger charge is 2.21. The average Bonchev–Trinajstić information content (AvgIpc) is 2.24. The lowest BCUT2D eigenvalue weighted by molar-refractivity contribution is 0.404. The highest BCUT2D eigenvalue weighted by atomic mass is 15.0. The molecule has 2 rings (SSSR count). The number of nitrogens with one attached hydrogen (secondary N) is 1. The van der Waals surface area contributed by atoms with Crippen molar-refractivity contribution in [3.63, 3.8) is 0 Å². The van der Waals surface area contributed by atoms with Gasteiger partial charge in [0.05, 0.1) is 11.4 Å². The number of benzene rings is 1. The summed E-state index contributed by atoms with van der Waals surface area (Å²) < 4.78 is 0. The quantitative estimate of drug-likeness (QED) is 0.647. The van der Waals surface area contributed by atoms with Gasteiger partial charge in [0, 0.05) is 12.1 Å². The van der Waals surface area contributed by atoms with E-state index in [9.17, 15) is 0 Å². The van der Waals surface area contributed by atoms with E-state index in [1.807, 2.05) is 24.3 Å². The number of anilines is 2. The second-order valence-corrected chi connectivity index (χ2v) is 4.29.